The maximum Gasteiger partial charge on any atom is 0.254 e. The number of hydrogen-bond acceptors (Lipinski definition) is 3. The number of rotatable bonds is 5. The second-order valence-electron chi connectivity index (χ2n) is 6.11. The van der Waals surface area contributed by atoms with Crippen molar-refractivity contribution in [3.8, 4) is 0 Å². The molecule has 0 atom stereocenters. The maximum absolute atomic E-state index is 12.4. The molecule has 5 nitrogen and oxygen atoms in total. The number of aryl methyl sites for hydroxylation is 2. The van der Waals surface area contributed by atoms with Crippen LogP contribution in [0.3, 0.4) is 0 Å². The highest BCUT2D eigenvalue weighted by Gasteiger charge is 2.23. The SMILES string of the molecule is Cc1cc(C(=O)NCCCC(=O)N2CCc3ccccc32)c(C)o1. The molecule has 2 heterocycles. The molecule has 24 heavy (non-hydrogen) atoms. The van der Waals surface area contributed by atoms with Gasteiger partial charge in [-0.05, 0) is 44.4 Å². The van der Waals surface area contributed by atoms with E-state index in [0.29, 0.717) is 30.7 Å². The van der Waals surface area contributed by atoms with Crippen LogP contribution in [0.25, 0.3) is 0 Å². The molecular formula is C19H22N2O3. The number of furan rings is 1. The molecule has 1 aromatic carbocycles. The third-order valence-corrected chi connectivity index (χ3v) is 4.33. The summed E-state index contributed by atoms with van der Waals surface area (Å²) in [5, 5.41) is 2.85. The summed E-state index contributed by atoms with van der Waals surface area (Å²) >= 11 is 0. The number of nitrogens with zero attached hydrogens (tertiary/aromatic N) is 1. The van der Waals surface area contributed by atoms with Crippen LogP contribution in [-0.4, -0.2) is 24.9 Å². The van der Waals surface area contributed by atoms with Crippen LogP contribution in [0.2, 0.25) is 0 Å². The molecule has 0 bridgehead atoms. The van der Waals surface area contributed by atoms with Gasteiger partial charge in [0.1, 0.15) is 11.5 Å². The van der Waals surface area contributed by atoms with Crippen LogP contribution in [0, 0.1) is 13.8 Å². The lowest BCUT2D eigenvalue weighted by Gasteiger charge is -2.17. The zero-order valence-corrected chi connectivity index (χ0v) is 14.1. The average Bonchev–Trinajstić information content (AvgIpc) is 3.14. The zero-order chi connectivity index (χ0) is 17.1. The Morgan fingerprint density at radius 3 is 2.79 bits per heavy atom. The van der Waals surface area contributed by atoms with Crippen molar-refractivity contribution in [2.45, 2.75) is 33.1 Å². The molecule has 0 fully saturated rings. The number of fused-ring (bicyclic) bond motifs is 1. The van der Waals surface area contributed by atoms with Gasteiger partial charge < -0.3 is 14.6 Å². The van der Waals surface area contributed by atoms with E-state index >= 15 is 0 Å². The molecule has 3 rings (SSSR count). The van der Waals surface area contributed by atoms with E-state index < -0.39 is 0 Å². The topological polar surface area (TPSA) is 62.6 Å². The van der Waals surface area contributed by atoms with Crippen LogP contribution in [0.1, 0.15) is 40.3 Å². The standard InChI is InChI=1S/C19H22N2O3/c1-13-12-16(14(2)24-13)19(23)20-10-5-8-18(22)21-11-9-15-6-3-4-7-17(15)21/h3-4,6-7,12H,5,8-11H2,1-2H3,(H,20,23). The Balaban J connectivity index is 1.46. The first-order valence-electron chi connectivity index (χ1n) is 8.30. The fourth-order valence-electron chi connectivity index (χ4n) is 3.13. The van der Waals surface area contributed by atoms with Gasteiger partial charge in [0, 0.05) is 25.2 Å². The fraction of sp³-hybridized carbons (Fsp3) is 0.368. The van der Waals surface area contributed by atoms with Crippen molar-refractivity contribution in [2.75, 3.05) is 18.0 Å². The number of carbonyl (C=O) groups is 2. The Hall–Kier alpha value is -2.56. The average molecular weight is 326 g/mol. The van der Waals surface area contributed by atoms with E-state index in [9.17, 15) is 9.59 Å². The summed E-state index contributed by atoms with van der Waals surface area (Å²) in [7, 11) is 0. The van der Waals surface area contributed by atoms with Crippen LogP contribution in [0.15, 0.2) is 34.7 Å². The molecule has 0 saturated carbocycles. The second kappa shape index (κ2) is 6.91. The Morgan fingerprint density at radius 1 is 1.25 bits per heavy atom. The minimum atomic E-state index is -0.150. The molecule has 1 aliphatic heterocycles. The van der Waals surface area contributed by atoms with E-state index in [0.717, 1.165) is 24.4 Å². The van der Waals surface area contributed by atoms with Gasteiger partial charge in [-0.3, -0.25) is 9.59 Å². The summed E-state index contributed by atoms with van der Waals surface area (Å²) in [5.41, 5.74) is 2.81. The van der Waals surface area contributed by atoms with Gasteiger partial charge in [-0.1, -0.05) is 18.2 Å². The van der Waals surface area contributed by atoms with Crippen LogP contribution in [0.5, 0.6) is 0 Å². The van der Waals surface area contributed by atoms with Crippen molar-refractivity contribution in [2.24, 2.45) is 0 Å². The Bertz CT molecular complexity index is 764. The van der Waals surface area contributed by atoms with Crippen molar-refractivity contribution in [1.29, 1.82) is 0 Å². The Morgan fingerprint density at radius 2 is 2.04 bits per heavy atom. The molecule has 2 amide bonds. The summed E-state index contributed by atoms with van der Waals surface area (Å²) in [5.74, 6) is 1.31. The van der Waals surface area contributed by atoms with Gasteiger partial charge in [0.15, 0.2) is 0 Å². The Labute approximate surface area is 141 Å². The van der Waals surface area contributed by atoms with Crippen molar-refractivity contribution in [3.63, 3.8) is 0 Å². The molecule has 5 heteroatoms. The molecule has 1 aliphatic rings. The lowest BCUT2D eigenvalue weighted by molar-refractivity contribution is -0.118. The van der Waals surface area contributed by atoms with Crippen molar-refractivity contribution in [3.05, 3.63) is 53.0 Å². The number of carbonyl (C=O) groups excluding carboxylic acids is 2. The van der Waals surface area contributed by atoms with Crippen LogP contribution in [-0.2, 0) is 11.2 Å². The first-order chi connectivity index (χ1) is 11.6. The minimum Gasteiger partial charge on any atom is -0.466 e. The molecule has 1 aromatic heterocycles. The highest BCUT2D eigenvalue weighted by Crippen LogP contribution is 2.27. The smallest absolute Gasteiger partial charge is 0.254 e. The van der Waals surface area contributed by atoms with E-state index in [-0.39, 0.29) is 11.8 Å². The maximum atomic E-state index is 12.4. The monoisotopic (exact) mass is 326 g/mol. The number of amides is 2. The van der Waals surface area contributed by atoms with Crippen molar-refractivity contribution in [1.82, 2.24) is 5.32 Å². The third-order valence-electron chi connectivity index (χ3n) is 4.33. The molecule has 1 N–H and O–H groups in total. The molecule has 126 valence electrons. The van der Waals surface area contributed by atoms with Crippen molar-refractivity contribution < 1.29 is 14.0 Å². The van der Waals surface area contributed by atoms with Gasteiger partial charge in [-0.15, -0.1) is 0 Å². The van der Waals surface area contributed by atoms with E-state index in [4.69, 9.17) is 4.42 Å². The third kappa shape index (κ3) is 3.35. The highest BCUT2D eigenvalue weighted by atomic mass is 16.3. The predicted octanol–water partition coefficient (Wildman–Crippen LogP) is 3.00. The summed E-state index contributed by atoms with van der Waals surface area (Å²) in [6.07, 6.45) is 1.97. The van der Waals surface area contributed by atoms with E-state index in [1.165, 1.54) is 5.56 Å². The van der Waals surface area contributed by atoms with Crippen LogP contribution >= 0.6 is 0 Å². The first kappa shape index (κ1) is 16.3. The summed E-state index contributed by atoms with van der Waals surface area (Å²) in [6.45, 7) is 4.81. The van der Waals surface area contributed by atoms with Crippen LogP contribution in [0.4, 0.5) is 5.69 Å². The van der Waals surface area contributed by atoms with Gasteiger partial charge in [-0.25, -0.2) is 0 Å². The molecule has 2 aromatic rings. The first-order valence-corrected chi connectivity index (χ1v) is 8.30. The quantitative estimate of drug-likeness (QED) is 0.859. The predicted molar refractivity (Wildman–Crippen MR) is 92.2 cm³/mol. The number of hydrogen-bond donors (Lipinski definition) is 1. The second-order valence-corrected chi connectivity index (χ2v) is 6.11. The zero-order valence-electron chi connectivity index (χ0n) is 14.1. The molecular weight excluding hydrogens is 304 g/mol. The minimum absolute atomic E-state index is 0.115. The van der Waals surface area contributed by atoms with Gasteiger partial charge in [0.25, 0.3) is 5.91 Å². The largest absolute Gasteiger partial charge is 0.466 e. The summed E-state index contributed by atoms with van der Waals surface area (Å²) in [6, 6.07) is 9.75. The molecule has 0 spiro atoms. The van der Waals surface area contributed by atoms with E-state index in [1.54, 1.807) is 13.0 Å². The van der Waals surface area contributed by atoms with Crippen LogP contribution < -0.4 is 10.2 Å². The Kier molecular flexibility index (Phi) is 4.69. The lowest BCUT2D eigenvalue weighted by atomic mass is 10.2. The van der Waals surface area contributed by atoms with E-state index in [1.807, 2.05) is 30.0 Å². The van der Waals surface area contributed by atoms with Gasteiger partial charge in [0.05, 0.1) is 5.56 Å². The molecule has 0 aliphatic carbocycles. The fourth-order valence-corrected chi connectivity index (χ4v) is 3.13. The molecule has 0 radical (unpaired) electrons. The normalized spacial score (nSPS) is 13.0. The van der Waals surface area contributed by atoms with Gasteiger partial charge in [0.2, 0.25) is 5.91 Å². The molecule has 0 unspecified atom stereocenters. The number of nitrogens with one attached hydrogen (secondary N) is 1. The number of para-hydroxylation sites is 1. The summed E-state index contributed by atoms with van der Waals surface area (Å²) < 4.78 is 5.36. The highest BCUT2D eigenvalue weighted by molar-refractivity contribution is 5.96. The lowest BCUT2D eigenvalue weighted by Crippen LogP contribution is -2.30. The van der Waals surface area contributed by atoms with E-state index in [2.05, 4.69) is 11.4 Å². The van der Waals surface area contributed by atoms with Crippen molar-refractivity contribution >= 4 is 17.5 Å². The van der Waals surface area contributed by atoms with Gasteiger partial charge in [-0.2, -0.15) is 0 Å². The number of benzene rings is 1. The number of anilines is 1. The van der Waals surface area contributed by atoms with Gasteiger partial charge >= 0.3 is 0 Å². The molecule has 0 saturated heterocycles. The summed E-state index contributed by atoms with van der Waals surface area (Å²) in [4.78, 5) is 26.3.